The van der Waals surface area contributed by atoms with Crippen molar-refractivity contribution in [3.63, 3.8) is 0 Å². The Morgan fingerprint density at radius 2 is 2.11 bits per heavy atom. The molecule has 2 rings (SSSR count). The SMILES string of the molecule is C[C@H]1OCCCC[C@@]1(O)COCc1ccccc1. The van der Waals surface area contributed by atoms with Gasteiger partial charge < -0.3 is 14.6 Å². The molecule has 1 aliphatic rings. The average Bonchev–Trinajstić information content (AvgIpc) is 2.54. The molecule has 0 bridgehead atoms. The van der Waals surface area contributed by atoms with Crippen LogP contribution in [0.3, 0.4) is 0 Å². The van der Waals surface area contributed by atoms with Gasteiger partial charge in [0.25, 0.3) is 0 Å². The Kier molecular flexibility index (Phi) is 4.75. The molecule has 18 heavy (non-hydrogen) atoms. The molecule has 1 aromatic rings. The summed E-state index contributed by atoms with van der Waals surface area (Å²) in [4.78, 5) is 0. The van der Waals surface area contributed by atoms with Crippen LogP contribution in [0.5, 0.6) is 0 Å². The molecule has 3 nitrogen and oxygen atoms in total. The van der Waals surface area contributed by atoms with Crippen LogP contribution < -0.4 is 0 Å². The van der Waals surface area contributed by atoms with Crippen LogP contribution in [-0.2, 0) is 16.1 Å². The summed E-state index contributed by atoms with van der Waals surface area (Å²) in [5, 5.41) is 10.5. The molecule has 1 aromatic carbocycles. The molecule has 3 heteroatoms. The van der Waals surface area contributed by atoms with E-state index in [2.05, 4.69) is 0 Å². The summed E-state index contributed by atoms with van der Waals surface area (Å²) >= 11 is 0. The van der Waals surface area contributed by atoms with Crippen LogP contribution in [-0.4, -0.2) is 30.0 Å². The summed E-state index contributed by atoms with van der Waals surface area (Å²) in [5.41, 5.74) is 0.286. The zero-order valence-corrected chi connectivity index (χ0v) is 11.0. The standard InChI is InChI=1S/C15H22O3/c1-13-15(16,9-5-6-10-18-13)12-17-11-14-7-3-2-4-8-14/h2-4,7-8,13,16H,5-6,9-12H2,1H3/t13-,15-/m1/s1. The highest BCUT2D eigenvalue weighted by atomic mass is 16.5. The third-order valence-electron chi connectivity index (χ3n) is 3.59. The molecule has 0 amide bonds. The predicted octanol–water partition coefficient (Wildman–Crippen LogP) is 2.52. The van der Waals surface area contributed by atoms with E-state index in [-0.39, 0.29) is 6.10 Å². The maximum absolute atomic E-state index is 10.5. The van der Waals surface area contributed by atoms with Gasteiger partial charge >= 0.3 is 0 Å². The fraction of sp³-hybridized carbons (Fsp3) is 0.600. The van der Waals surface area contributed by atoms with Gasteiger partial charge in [-0.15, -0.1) is 0 Å². The first-order valence-electron chi connectivity index (χ1n) is 6.66. The number of rotatable bonds is 4. The molecule has 100 valence electrons. The lowest BCUT2D eigenvalue weighted by Gasteiger charge is -2.31. The first-order chi connectivity index (χ1) is 8.71. The monoisotopic (exact) mass is 250 g/mol. The Bertz CT molecular complexity index is 352. The van der Waals surface area contributed by atoms with E-state index in [1.165, 1.54) is 0 Å². The molecule has 0 unspecified atom stereocenters. The van der Waals surface area contributed by atoms with Crippen LogP contribution in [0.1, 0.15) is 31.7 Å². The highest BCUT2D eigenvalue weighted by molar-refractivity contribution is 5.13. The van der Waals surface area contributed by atoms with Crippen molar-refractivity contribution in [3.8, 4) is 0 Å². The van der Waals surface area contributed by atoms with Gasteiger partial charge in [-0.2, -0.15) is 0 Å². The lowest BCUT2D eigenvalue weighted by atomic mass is 9.93. The van der Waals surface area contributed by atoms with E-state index in [1.807, 2.05) is 37.3 Å². The zero-order chi connectivity index (χ0) is 12.8. The number of benzene rings is 1. The fourth-order valence-electron chi connectivity index (χ4n) is 2.26. The summed E-state index contributed by atoms with van der Waals surface area (Å²) < 4.78 is 11.2. The number of hydrogen-bond acceptors (Lipinski definition) is 3. The van der Waals surface area contributed by atoms with Gasteiger partial charge in [-0.1, -0.05) is 30.3 Å². The Hall–Kier alpha value is -0.900. The largest absolute Gasteiger partial charge is 0.385 e. The van der Waals surface area contributed by atoms with Gasteiger partial charge in [0, 0.05) is 6.61 Å². The van der Waals surface area contributed by atoms with Crippen LogP contribution in [0.4, 0.5) is 0 Å². The Labute approximate surface area is 109 Å². The van der Waals surface area contributed by atoms with Crippen molar-refractivity contribution in [2.45, 2.75) is 44.5 Å². The topological polar surface area (TPSA) is 38.7 Å². The van der Waals surface area contributed by atoms with Crippen LogP contribution in [0, 0.1) is 0 Å². The van der Waals surface area contributed by atoms with E-state index >= 15 is 0 Å². The van der Waals surface area contributed by atoms with Crippen LogP contribution in [0.15, 0.2) is 30.3 Å². The van der Waals surface area contributed by atoms with Crippen molar-refractivity contribution in [1.29, 1.82) is 0 Å². The number of aliphatic hydroxyl groups is 1. The van der Waals surface area contributed by atoms with E-state index in [4.69, 9.17) is 9.47 Å². The third-order valence-corrected chi connectivity index (χ3v) is 3.59. The first-order valence-corrected chi connectivity index (χ1v) is 6.66. The molecule has 1 fully saturated rings. The van der Waals surface area contributed by atoms with Gasteiger partial charge in [0.05, 0.1) is 19.3 Å². The molecular weight excluding hydrogens is 228 g/mol. The molecule has 1 saturated heterocycles. The van der Waals surface area contributed by atoms with Crippen molar-refractivity contribution < 1.29 is 14.6 Å². The summed E-state index contributed by atoms with van der Waals surface area (Å²) in [7, 11) is 0. The van der Waals surface area contributed by atoms with Crippen molar-refractivity contribution in [2.75, 3.05) is 13.2 Å². The van der Waals surface area contributed by atoms with E-state index in [0.717, 1.165) is 31.4 Å². The van der Waals surface area contributed by atoms with Crippen LogP contribution in [0.2, 0.25) is 0 Å². The molecule has 0 radical (unpaired) electrons. The van der Waals surface area contributed by atoms with E-state index in [0.29, 0.717) is 13.2 Å². The van der Waals surface area contributed by atoms with Crippen molar-refractivity contribution in [3.05, 3.63) is 35.9 Å². The normalized spacial score (nSPS) is 28.9. The second-order valence-corrected chi connectivity index (χ2v) is 5.05. The van der Waals surface area contributed by atoms with E-state index in [1.54, 1.807) is 0 Å². The molecule has 0 spiro atoms. The van der Waals surface area contributed by atoms with Gasteiger partial charge in [0.15, 0.2) is 0 Å². The maximum Gasteiger partial charge on any atom is 0.114 e. The minimum absolute atomic E-state index is 0.157. The molecule has 0 saturated carbocycles. The van der Waals surface area contributed by atoms with Gasteiger partial charge in [-0.05, 0) is 31.7 Å². The molecule has 1 N–H and O–H groups in total. The zero-order valence-electron chi connectivity index (χ0n) is 11.0. The van der Waals surface area contributed by atoms with Gasteiger partial charge in [0.1, 0.15) is 5.60 Å². The molecule has 1 aliphatic heterocycles. The maximum atomic E-state index is 10.5. The highest BCUT2D eigenvalue weighted by Crippen LogP contribution is 2.25. The Balaban J connectivity index is 1.84. The van der Waals surface area contributed by atoms with Crippen molar-refractivity contribution in [1.82, 2.24) is 0 Å². The summed E-state index contributed by atoms with van der Waals surface area (Å²) in [6, 6.07) is 10.0. The second kappa shape index (κ2) is 6.32. The Morgan fingerprint density at radius 1 is 1.33 bits per heavy atom. The molecule has 1 heterocycles. The summed E-state index contributed by atoms with van der Waals surface area (Å²) in [5.74, 6) is 0. The van der Waals surface area contributed by atoms with E-state index < -0.39 is 5.60 Å². The lowest BCUT2D eigenvalue weighted by Crippen LogP contribution is -2.45. The van der Waals surface area contributed by atoms with Gasteiger partial charge in [-0.3, -0.25) is 0 Å². The minimum Gasteiger partial charge on any atom is -0.385 e. The molecule has 0 aliphatic carbocycles. The molecule has 2 atom stereocenters. The molecular formula is C15H22O3. The van der Waals surface area contributed by atoms with Crippen molar-refractivity contribution in [2.24, 2.45) is 0 Å². The van der Waals surface area contributed by atoms with Gasteiger partial charge in [-0.25, -0.2) is 0 Å². The summed E-state index contributed by atoms with van der Waals surface area (Å²) in [6.07, 6.45) is 2.61. The first kappa shape index (κ1) is 13.5. The second-order valence-electron chi connectivity index (χ2n) is 5.05. The average molecular weight is 250 g/mol. The minimum atomic E-state index is -0.842. The highest BCUT2D eigenvalue weighted by Gasteiger charge is 2.36. The summed E-state index contributed by atoms with van der Waals surface area (Å²) in [6.45, 7) is 3.54. The Morgan fingerprint density at radius 3 is 2.89 bits per heavy atom. The third kappa shape index (κ3) is 3.55. The quantitative estimate of drug-likeness (QED) is 0.892. The van der Waals surface area contributed by atoms with Crippen molar-refractivity contribution >= 4 is 0 Å². The lowest BCUT2D eigenvalue weighted by molar-refractivity contribution is -0.133. The van der Waals surface area contributed by atoms with E-state index in [9.17, 15) is 5.11 Å². The van der Waals surface area contributed by atoms with Gasteiger partial charge in [0.2, 0.25) is 0 Å². The number of ether oxygens (including phenoxy) is 2. The van der Waals surface area contributed by atoms with Crippen LogP contribution in [0.25, 0.3) is 0 Å². The fourth-order valence-corrected chi connectivity index (χ4v) is 2.26. The smallest absolute Gasteiger partial charge is 0.114 e. The van der Waals surface area contributed by atoms with Crippen LogP contribution >= 0.6 is 0 Å². The molecule has 0 aromatic heterocycles. The number of hydrogen-bond donors (Lipinski definition) is 1. The predicted molar refractivity (Wildman–Crippen MR) is 70.3 cm³/mol.